The lowest BCUT2D eigenvalue weighted by Gasteiger charge is -2.20. The van der Waals surface area contributed by atoms with E-state index in [0.717, 1.165) is 42.1 Å². The van der Waals surface area contributed by atoms with Crippen LogP contribution in [0.5, 0.6) is 0 Å². The number of carbonyl (C=O) groups is 2. The van der Waals surface area contributed by atoms with E-state index >= 15 is 0 Å². The van der Waals surface area contributed by atoms with Gasteiger partial charge in [-0.05, 0) is 38.0 Å². The number of anilines is 1. The molecule has 3 aromatic rings. The lowest BCUT2D eigenvalue weighted by molar-refractivity contribution is -0.116. The summed E-state index contributed by atoms with van der Waals surface area (Å²) in [6.07, 6.45) is 1.59. The molecule has 0 spiro atoms. The molecule has 0 unspecified atom stereocenters. The van der Waals surface area contributed by atoms with Crippen LogP contribution in [-0.2, 0) is 17.8 Å². The molecule has 3 heterocycles. The SMILES string of the molecule is CCN(CC(=O)Nc1c(F)cccc1F)C(=O)c1sc2nc3n(c(=O)c2c1C)CCC3. The summed E-state index contributed by atoms with van der Waals surface area (Å²) in [7, 11) is 0. The van der Waals surface area contributed by atoms with Crippen molar-refractivity contribution in [3.63, 3.8) is 0 Å². The van der Waals surface area contributed by atoms with E-state index in [1.54, 1.807) is 18.4 Å². The summed E-state index contributed by atoms with van der Waals surface area (Å²) in [6.45, 7) is 3.81. The van der Waals surface area contributed by atoms with Crippen LogP contribution in [0.25, 0.3) is 10.2 Å². The number of benzene rings is 1. The van der Waals surface area contributed by atoms with Gasteiger partial charge < -0.3 is 10.2 Å². The number of thiophene rings is 1. The Labute approximate surface area is 180 Å². The Bertz CT molecular complexity index is 1250. The largest absolute Gasteiger partial charge is 0.329 e. The van der Waals surface area contributed by atoms with Gasteiger partial charge in [0.05, 0.1) is 10.3 Å². The second kappa shape index (κ2) is 8.18. The molecule has 0 bridgehead atoms. The van der Waals surface area contributed by atoms with Gasteiger partial charge in [-0.1, -0.05) is 6.07 Å². The van der Waals surface area contributed by atoms with Gasteiger partial charge in [0, 0.05) is 19.5 Å². The second-order valence-electron chi connectivity index (χ2n) is 7.29. The van der Waals surface area contributed by atoms with Crippen molar-refractivity contribution in [1.82, 2.24) is 14.5 Å². The molecule has 1 aromatic carbocycles. The van der Waals surface area contributed by atoms with Gasteiger partial charge in [-0.2, -0.15) is 0 Å². The third-order valence-corrected chi connectivity index (χ3v) is 6.51. The van der Waals surface area contributed by atoms with Gasteiger partial charge in [-0.3, -0.25) is 19.0 Å². The Morgan fingerprint density at radius 1 is 1.29 bits per heavy atom. The quantitative estimate of drug-likeness (QED) is 0.653. The maximum atomic E-state index is 13.8. The van der Waals surface area contributed by atoms with E-state index in [1.165, 1.54) is 11.0 Å². The van der Waals surface area contributed by atoms with Gasteiger partial charge >= 0.3 is 0 Å². The van der Waals surface area contributed by atoms with Crippen molar-refractivity contribution in [1.29, 1.82) is 0 Å². The molecule has 31 heavy (non-hydrogen) atoms. The lowest BCUT2D eigenvalue weighted by atomic mass is 10.2. The molecule has 10 heteroatoms. The number of hydrogen-bond donors (Lipinski definition) is 1. The van der Waals surface area contributed by atoms with E-state index < -0.39 is 29.1 Å². The Morgan fingerprint density at radius 2 is 2.00 bits per heavy atom. The number of fused-ring (bicyclic) bond motifs is 2. The summed E-state index contributed by atoms with van der Waals surface area (Å²) >= 11 is 1.12. The summed E-state index contributed by atoms with van der Waals surface area (Å²) in [4.78, 5) is 45.0. The molecule has 0 radical (unpaired) electrons. The average Bonchev–Trinajstić information content (AvgIpc) is 3.33. The molecule has 162 valence electrons. The van der Waals surface area contributed by atoms with Crippen LogP contribution in [0, 0.1) is 18.6 Å². The number of halogens is 2. The van der Waals surface area contributed by atoms with Crippen molar-refractivity contribution in [3.05, 3.63) is 56.5 Å². The monoisotopic (exact) mass is 446 g/mol. The normalized spacial score (nSPS) is 12.8. The van der Waals surface area contributed by atoms with Crippen LogP contribution in [0.3, 0.4) is 0 Å². The standard InChI is InChI=1S/C21H20F2N4O3S/c1-3-26(10-15(28)25-17-12(22)6-4-7-13(17)23)21(30)18-11(2)16-19(31-18)24-14-8-5-9-27(14)20(16)29/h4,6-7H,3,5,8-10H2,1-2H3,(H,25,28). The number of carbonyl (C=O) groups excluding carboxylic acids is 2. The first-order valence-corrected chi connectivity index (χ1v) is 10.7. The molecule has 0 saturated heterocycles. The van der Waals surface area contributed by atoms with Gasteiger partial charge in [0.25, 0.3) is 11.5 Å². The minimum atomic E-state index is -0.900. The number of likely N-dealkylation sites (N-methyl/N-ethyl adjacent to an activating group) is 1. The average molecular weight is 446 g/mol. The van der Waals surface area contributed by atoms with Crippen LogP contribution < -0.4 is 10.9 Å². The van der Waals surface area contributed by atoms with E-state index in [0.29, 0.717) is 27.2 Å². The smallest absolute Gasteiger partial charge is 0.264 e. The van der Waals surface area contributed by atoms with E-state index in [4.69, 9.17) is 0 Å². The van der Waals surface area contributed by atoms with Gasteiger partial charge in [0.2, 0.25) is 5.91 Å². The van der Waals surface area contributed by atoms with E-state index in [1.807, 2.05) is 0 Å². The number of nitrogens with zero attached hydrogens (tertiary/aromatic N) is 3. The zero-order valence-electron chi connectivity index (χ0n) is 17.0. The van der Waals surface area contributed by atoms with Crippen molar-refractivity contribution in [3.8, 4) is 0 Å². The molecular formula is C21H20F2N4O3S. The highest BCUT2D eigenvalue weighted by Gasteiger charge is 2.26. The van der Waals surface area contributed by atoms with E-state index in [-0.39, 0.29) is 18.6 Å². The van der Waals surface area contributed by atoms with E-state index in [2.05, 4.69) is 10.3 Å². The molecule has 2 aromatic heterocycles. The highest BCUT2D eigenvalue weighted by Crippen LogP contribution is 2.29. The summed E-state index contributed by atoms with van der Waals surface area (Å²) in [5.41, 5.74) is -0.175. The zero-order chi connectivity index (χ0) is 22.3. The number of amides is 2. The highest BCUT2D eigenvalue weighted by molar-refractivity contribution is 7.20. The zero-order valence-corrected chi connectivity index (χ0v) is 17.8. The molecular weight excluding hydrogens is 426 g/mol. The van der Waals surface area contributed by atoms with Gasteiger partial charge in [-0.25, -0.2) is 13.8 Å². The Balaban J connectivity index is 1.60. The molecule has 0 atom stereocenters. The first-order valence-electron chi connectivity index (χ1n) is 9.87. The topological polar surface area (TPSA) is 84.3 Å². The fourth-order valence-electron chi connectivity index (χ4n) is 3.72. The minimum Gasteiger partial charge on any atom is -0.329 e. The predicted molar refractivity (Wildman–Crippen MR) is 114 cm³/mol. The molecule has 1 N–H and O–H groups in total. The van der Waals surface area contributed by atoms with Crippen LogP contribution in [0.2, 0.25) is 0 Å². The fourth-order valence-corrected chi connectivity index (χ4v) is 4.88. The Hall–Kier alpha value is -3.14. The summed E-state index contributed by atoms with van der Waals surface area (Å²) < 4.78 is 29.2. The molecule has 1 aliphatic rings. The molecule has 4 rings (SSSR count). The Morgan fingerprint density at radius 3 is 2.68 bits per heavy atom. The number of hydrogen-bond acceptors (Lipinski definition) is 5. The Kier molecular flexibility index (Phi) is 5.57. The number of rotatable bonds is 5. The molecule has 1 aliphatic heterocycles. The van der Waals surface area contributed by atoms with Crippen molar-refractivity contribution >= 4 is 39.1 Å². The van der Waals surface area contributed by atoms with Crippen LogP contribution in [0.15, 0.2) is 23.0 Å². The molecule has 0 saturated carbocycles. The molecule has 0 aliphatic carbocycles. The highest BCUT2D eigenvalue weighted by atomic mass is 32.1. The molecule has 7 nitrogen and oxygen atoms in total. The van der Waals surface area contributed by atoms with Gasteiger partial charge in [-0.15, -0.1) is 11.3 Å². The van der Waals surface area contributed by atoms with Crippen molar-refractivity contribution in [2.75, 3.05) is 18.4 Å². The predicted octanol–water partition coefficient (Wildman–Crippen LogP) is 3.09. The van der Waals surface area contributed by atoms with Crippen molar-refractivity contribution in [2.45, 2.75) is 33.2 Å². The van der Waals surface area contributed by atoms with E-state index in [9.17, 15) is 23.2 Å². The summed E-state index contributed by atoms with van der Waals surface area (Å²) in [5, 5.41) is 2.61. The third kappa shape index (κ3) is 3.71. The summed E-state index contributed by atoms with van der Waals surface area (Å²) in [6, 6.07) is 3.26. The van der Waals surface area contributed by atoms with Gasteiger partial charge in [0.1, 0.15) is 34.5 Å². The minimum absolute atomic E-state index is 0.152. The van der Waals surface area contributed by atoms with Crippen LogP contribution >= 0.6 is 11.3 Å². The number of aryl methyl sites for hydroxylation is 2. The van der Waals surface area contributed by atoms with Gasteiger partial charge in [0.15, 0.2) is 0 Å². The number of aromatic nitrogens is 2. The summed E-state index contributed by atoms with van der Waals surface area (Å²) in [5.74, 6) is -2.24. The maximum absolute atomic E-state index is 13.8. The van der Waals surface area contributed by atoms with Crippen molar-refractivity contribution < 1.29 is 18.4 Å². The van der Waals surface area contributed by atoms with Crippen LogP contribution in [0.4, 0.5) is 14.5 Å². The third-order valence-electron chi connectivity index (χ3n) is 5.34. The number of nitrogens with one attached hydrogen (secondary N) is 1. The van der Waals surface area contributed by atoms with Crippen LogP contribution in [0.1, 0.15) is 34.4 Å². The molecule has 2 amide bonds. The second-order valence-corrected chi connectivity index (χ2v) is 8.29. The fraction of sp³-hybridized carbons (Fsp3) is 0.333. The van der Waals surface area contributed by atoms with Crippen LogP contribution in [-0.4, -0.2) is 39.4 Å². The first kappa shape index (κ1) is 21.1. The number of para-hydroxylation sites is 1. The first-order chi connectivity index (χ1) is 14.8. The maximum Gasteiger partial charge on any atom is 0.264 e. The van der Waals surface area contributed by atoms with Crippen molar-refractivity contribution in [2.24, 2.45) is 0 Å². The molecule has 0 fully saturated rings. The lowest BCUT2D eigenvalue weighted by Crippen LogP contribution is -2.38.